The summed E-state index contributed by atoms with van der Waals surface area (Å²) in [4.78, 5) is 19.9. The molecule has 0 radical (unpaired) electrons. The molecule has 2 aromatic carbocycles. The minimum Gasteiger partial charge on any atom is -0.492 e. The molecular formula is C23H26ClN3O3. The third-order valence-corrected chi connectivity index (χ3v) is 5.96. The van der Waals surface area contributed by atoms with Gasteiger partial charge in [-0.2, -0.15) is 0 Å². The van der Waals surface area contributed by atoms with Crippen LogP contribution in [0.1, 0.15) is 17.3 Å². The average Bonchev–Trinajstić information content (AvgIpc) is 3.06. The zero-order valence-corrected chi connectivity index (χ0v) is 17.7. The molecule has 7 heteroatoms. The normalized spacial score (nSPS) is 16.6. The maximum Gasteiger partial charge on any atom is 0.325 e. The van der Waals surface area contributed by atoms with Crippen molar-refractivity contribution in [2.45, 2.75) is 13.0 Å². The molecule has 0 saturated carbocycles. The summed E-state index contributed by atoms with van der Waals surface area (Å²) in [7, 11) is 0. The van der Waals surface area contributed by atoms with E-state index in [4.69, 9.17) is 16.3 Å². The molecule has 1 saturated heterocycles. The van der Waals surface area contributed by atoms with Crippen LogP contribution in [0.2, 0.25) is 5.02 Å². The predicted molar refractivity (Wildman–Crippen MR) is 118 cm³/mol. The summed E-state index contributed by atoms with van der Waals surface area (Å²) < 4.78 is 5.79. The second kappa shape index (κ2) is 9.08. The first-order valence-corrected chi connectivity index (χ1v) is 10.6. The molecule has 0 aliphatic carbocycles. The molecule has 3 aromatic rings. The van der Waals surface area contributed by atoms with Crippen molar-refractivity contribution in [2.24, 2.45) is 0 Å². The number of para-hydroxylation sites is 1. The molecule has 0 amide bonds. The van der Waals surface area contributed by atoms with Crippen LogP contribution in [0.3, 0.4) is 0 Å². The van der Waals surface area contributed by atoms with Gasteiger partial charge in [0.15, 0.2) is 0 Å². The van der Waals surface area contributed by atoms with Crippen LogP contribution in [0, 0.1) is 6.92 Å². The van der Waals surface area contributed by atoms with Crippen molar-refractivity contribution in [2.75, 3.05) is 39.3 Å². The Morgan fingerprint density at radius 1 is 1.13 bits per heavy atom. The van der Waals surface area contributed by atoms with Crippen molar-refractivity contribution in [1.82, 2.24) is 14.8 Å². The number of nitrogens with zero attached hydrogens (tertiary/aromatic N) is 2. The number of fused-ring (bicyclic) bond motifs is 1. The van der Waals surface area contributed by atoms with Crippen LogP contribution in [0.5, 0.6) is 5.75 Å². The number of ether oxygens (including phenoxy) is 1. The summed E-state index contributed by atoms with van der Waals surface area (Å²) in [6.07, 6.45) is 0. The third kappa shape index (κ3) is 4.46. The standard InChI is InChI=1S/C23H26ClN3O3/c1-16-21(19-4-2-3-5-20(19)25-16)22(23(28)29)27-12-10-26(11-13-27)14-15-30-18-8-6-17(24)7-9-18/h2-9,22,25H,10-15H2,1H3,(H,28,29)/t22-/m0/s1. The van der Waals surface area contributed by atoms with Crippen molar-refractivity contribution >= 4 is 28.5 Å². The number of rotatable bonds is 7. The fourth-order valence-corrected chi connectivity index (χ4v) is 4.31. The Morgan fingerprint density at radius 2 is 1.83 bits per heavy atom. The van der Waals surface area contributed by atoms with Crippen molar-refractivity contribution in [3.8, 4) is 5.75 Å². The number of aromatic nitrogens is 1. The van der Waals surface area contributed by atoms with Gasteiger partial charge in [-0.15, -0.1) is 0 Å². The number of carboxylic acid groups (broad SMARTS) is 1. The predicted octanol–water partition coefficient (Wildman–Crippen LogP) is 3.95. The largest absolute Gasteiger partial charge is 0.492 e. The third-order valence-electron chi connectivity index (χ3n) is 5.71. The van der Waals surface area contributed by atoms with Crippen molar-refractivity contribution < 1.29 is 14.6 Å². The highest BCUT2D eigenvalue weighted by atomic mass is 35.5. The zero-order chi connectivity index (χ0) is 21.1. The summed E-state index contributed by atoms with van der Waals surface area (Å²) in [6.45, 7) is 6.39. The Bertz CT molecular complexity index is 1010. The number of carbonyl (C=O) groups is 1. The number of aromatic amines is 1. The van der Waals surface area contributed by atoms with Crippen LogP contribution >= 0.6 is 11.6 Å². The first kappa shape index (κ1) is 20.7. The molecule has 1 aliphatic heterocycles. The number of hydrogen-bond acceptors (Lipinski definition) is 4. The molecule has 2 heterocycles. The van der Waals surface area contributed by atoms with Crippen LogP contribution in [0.4, 0.5) is 0 Å². The molecule has 1 aliphatic rings. The molecule has 158 valence electrons. The molecule has 0 bridgehead atoms. The van der Waals surface area contributed by atoms with Crippen LogP contribution in [0.15, 0.2) is 48.5 Å². The Hall–Kier alpha value is -2.54. The summed E-state index contributed by atoms with van der Waals surface area (Å²) in [5.41, 5.74) is 2.77. The zero-order valence-electron chi connectivity index (χ0n) is 17.0. The van der Waals surface area contributed by atoms with E-state index in [-0.39, 0.29) is 0 Å². The molecule has 0 spiro atoms. The molecule has 0 unspecified atom stereocenters. The van der Waals surface area contributed by atoms with E-state index in [1.807, 2.05) is 55.5 Å². The van der Waals surface area contributed by atoms with Crippen molar-refractivity contribution in [3.05, 3.63) is 64.8 Å². The van der Waals surface area contributed by atoms with Gasteiger partial charge in [0, 0.05) is 59.9 Å². The SMILES string of the molecule is Cc1[nH]c2ccccc2c1[C@@H](C(=O)O)N1CCN(CCOc2ccc(Cl)cc2)CC1. The molecule has 1 aromatic heterocycles. The van der Waals surface area contributed by atoms with Gasteiger partial charge in [-0.1, -0.05) is 29.8 Å². The van der Waals surface area contributed by atoms with Gasteiger partial charge in [-0.3, -0.25) is 14.6 Å². The second-order valence-electron chi connectivity index (χ2n) is 7.63. The van der Waals surface area contributed by atoms with E-state index < -0.39 is 12.0 Å². The van der Waals surface area contributed by atoms with Crippen molar-refractivity contribution in [3.63, 3.8) is 0 Å². The first-order valence-electron chi connectivity index (χ1n) is 10.2. The minimum absolute atomic E-state index is 0.589. The number of piperazine rings is 1. The fraction of sp³-hybridized carbons (Fsp3) is 0.348. The number of carboxylic acids is 1. The Morgan fingerprint density at radius 3 is 2.53 bits per heavy atom. The summed E-state index contributed by atoms with van der Waals surface area (Å²) in [6, 6.07) is 14.6. The molecule has 4 rings (SSSR count). The molecule has 1 fully saturated rings. The highest BCUT2D eigenvalue weighted by Gasteiger charge is 2.33. The lowest BCUT2D eigenvalue weighted by atomic mass is 10.0. The van der Waals surface area contributed by atoms with E-state index in [0.29, 0.717) is 24.7 Å². The molecule has 2 N–H and O–H groups in total. The number of halogens is 1. The van der Waals surface area contributed by atoms with Gasteiger partial charge in [-0.25, -0.2) is 0 Å². The molecule has 6 nitrogen and oxygen atoms in total. The fourth-order valence-electron chi connectivity index (χ4n) is 4.18. The van der Waals surface area contributed by atoms with Gasteiger partial charge in [0.1, 0.15) is 18.4 Å². The number of H-pyrrole nitrogens is 1. The number of hydrogen-bond donors (Lipinski definition) is 2. The number of aliphatic carboxylic acids is 1. The van der Waals surface area contributed by atoms with E-state index in [1.165, 1.54) is 0 Å². The Balaban J connectivity index is 1.37. The Kier molecular flexibility index (Phi) is 6.27. The monoisotopic (exact) mass is 427 g/mol. The second-order valence-corrected chi connectivity index (χ2v) is 8.07. The smallest absolute Gasteiger partial charge is 0.325 e. The first-order chi connectivity index (χ1) is 14.5. The lowest BCUT2D eigenvalue weighted by Gasteiger charge is -2.37. The van der Waals surface area contributed by atoms with E-state index >= 15 is 0 Å². The summed E-state index contributed by atoms with van der Waals surface area (Å²) in [5.74, 6) is 0.00108. The lowest BCUT2D eigenvalue weighted by molar-refractivity contribution is -0.144. The van der Waals surface area contributed by atoms with E-state index in [1.54, 1.807) is 0 Å². The highest BCUT2D eigenvalue weighted by Crippen LogP contribution is 2.32. The van der Waals surface area contributed by atoms with Crippen LogP contribution < -0.4 is 4.74 Å². The van der Waals surface area contributed by atoms with E-state index in [2.05, 4.69) is 14.8 Å². The number of aryl methyl sites for hydroxylation is 1. The maximum absolute atomic E-state index is 12.2. The van der Waals surface area contributed by atoms with Gasteiger partial charge in [0.2, 0.25) is 0 Å². The highest BCUT2D eigenvalue weighted by molar-refractivity contribution is 6.30. The maximum atomic E-state index is 12.2. The van der Waals surface area contributed by atoms with Crippen LogP contribution in [-0.2, 0) is 4.79 Å². The number of benzene rings is 2. The van der Waals surface area contributed by atoms with Gasteiger partial charge in [0.25, 0.3) is 0 Å². The minimum atomic E-state index is -0.803. The number of nitrogens with one attached hydrogen (secondary N) is 1. The summed E-state index contributed by atoms with van der Waals surface area (Å²) in [5, 5.41) is 11.7. The molecular weight excluding hydrogens is 402 g/mol. The summed E-state index contributed by atoms with van der Waals surface area (Å²) >= 11 is 5.90. The quantitative estimate of drug-likeness (QED) is 0.597. The van der Waals surface area contributed by atoms with Crippen LogP contribution in [-0.4, -0.2) is 65.2 Å². The van der Waals surface area contributed by atoms with Crippen LogP contribution in [0.25, 0.3) is 10.9 Å². The molecule has 30 heavy (non-hydrogen) atoms. The average molecular weight is 428 g/mol. The van der Waals surface area contributed by atoms with Gasteiger partial charge >= 0.3 is 5.97 Å². The van der Waals surface area contributed by atoms with Gasteiger partial charge in [-0.05, 0) is 37.3 Å². The molecule has 1 atom stereocenters. The van der Waals surface area contributed by atoms with E-state index in [0.717, 1.165) is 47.5 Å². The Labute approximate surface area is 181 Å². The van der Waals surface area contributed by atoms with Crippen molar-refractivity contribution in [1.29, 1.82) is 0 Å². The van der Waals surface area contributed by atoms with E-state index in [9.17, 15) is 9.90 Å². The lowest BCUT2D eigenvalue weighted by Crippen LogP contribution is -2.50. The van der Waals surface area contributed by atoms with Gasteiger partial charge < -0.3 is 14.8 Å². The topological polar surface area (TPSA) is 68.8 Å². The van der Waals surface area contributed by atoms with Gasteiger partial charge in [0.05, 0.1) is 0 Å².